The Morgan fingerprint density at radius 2 is 1.68 bits per heavy atom. The third kappa shape index (κ3) is 6.56. The van der Waals surface area contributed by atoms with Crippen molar-refractivity contribution in [3.05, 3.63) is 78.6 Å². The van der Waals surface area contributed by atoms with Crippen LogP contribution in [0.25, 0.3) is 16.6 Å². The van der Waals surface area contributed by atoms with E-state index < -0.39 is 23.8 Å². The Bertz CT molecular complexity index is 1810. The van der Waals surface area contributed by atoms with Crippen LogP contribution in [0.15, 0.2) is 67.1 Å². The maximum absolute atomic E-state index is 14.7. The number of carbonyl (C=O) groups is 1. The van der Waals surface area contributed by atoms with Gasteiger partial charge in [-0.15, -0.1) is 13.2 Å². The minimum absolute atomic E-state index is 0.0107. The first-order chi connectivity index (χ1) is 21.1. The number of benzene rings is 2. The van der Waals surface area contributed by atoms with Crippen LogP contribution in [0.1, 0.15) is 17.4 Å². The van der Waals surface area contributed by atoms with E-state index in [0.717, 1.165) is 16.8 Å². The van der Waals surface area contributed by atoms with Gasteiger partial charge in [0.15, 0.2) is 28.8 Å². The lowest BCUT2D eigenvalue weighted by Gasteiger charge is -2.12. The summed E-state index contributed by atoms with van der Waals surface area (Å²) < 4.78 is 79.0. The van der Waals surface area contributed by atoms with E-state index in [0.29, 0.717) is 40.0 Å². The number of alkyl halides is 3. The molecule has 2 aromatic carbocycles. The summed E-state index contributed by atoms with van der Waals surface area (Å²) in [5, 5.41) is 7.33. The minimum atomic E-state index is -4.98. The fraction of sp³-hybridized carbons (Fsp3) is 0.172. The van der Waals surface area contributed by atoms with Gasteiger partial charge >= 0.3 is 6.36 Å². The number of carbonyl (C=O) groups excluding carboxylic acids is 1. The number of nitrogens with one attached hydrogen (secondary N) is 1. The second-order valence-corrected chi connectivity index (χ2v) is 8.85. The van der Waals surface area contributed by atoms with Crippen LogP contribution < -0.4 is 29.0 Å². The predicted octanol–water partition coefficient (Wildman–Crippen LogP) is 6.31. The van der Waals surface area contributed by atoms with Crippen molar-refractivity contribution in [3.8, 4) is 40.2 Å². The summed E-state index contributed by atoms with van der Waals surface area (Å²) in [6, 6.07) is 10.7. The number of hydrogen-bond donors (Lipinski definition) is 1. The van der Waals surface area contributed by atoms with Crippen LogP contribution in [-0.4, -0.2) is 52.8 Å². The van der Waals surface area contributed by atoms with E-state index in [-0.39, 0.29) is 29.6 Å². The number of halogens is 4. The second kappa shape index (κ2) is 12.3. The molecule has 0 aliphatic rings. The van der Waals surface area contributed by atoms with E-state index in [9.17, 15) is 22.4 Å². The number of anilines is 1. The largest absolute Gasteiger partial charge is 0.573 e. The molecular weight excluding hydrogens is 590 g/mol. The molecule has 0 aliphatic heterocycles. The minimum Gasteiger partial charge on any atom is -0.493 e. The van der Waals surface area contributed by atoms with E-state index in [2.05, 4.69) is 25.1 Å². The van der Waals surface area contributed by atoms with E-state index in [1.54, 1.807) is 37.4 Å². The number of methoxy groups -OCH3 is 2. The van der Waals surface area contributed by atoms with Gasteiger partial charge in [-0.25, -0.2) is 14.1 Å². The third-order valence-corrected chi connectivity index (χ3v) is 6.01. The van der Waals surface area contributed by atoms with E-state index >= 15 is 0 Å². The molecule has 0 aliphatic carbocycles. The molecule has 11 nitrogen and oxygen atoms in total. The van der Waals surface area contributed by atoms with Gasteiger partial charge in [0, 0.05) is 23.7 Å². The Balaban J connectivity index is 1.33. The second-order valence-electron chi connectivity index (χ2n) is 8.85. The van der Waals surface area contributed by atoms with Gasteiger partial charge < -0.3 is 29.0 Å². The van der Waals surface area contributed by atoms with Crippen molar-refractivity contribution >= 4 is 22.6 Å². The molecule has 1 N–H and O–H groups in total. The van der Waals surface area contributed by atoms with Crippen LogP contribution in [-0.2, 0) is 0 Å². The molecule has 3 aromatic heterocycles. The summed E-state index contributed by atoms with van der Waals surface area (Å²) in [5.74, 6) is -0.538. The average molecular weight is 614 g/mol. The zero-order valence-electron chi connectivity index (χ0n) is 23.3. The quantitative estimate of drug-likeness (QED) is 0.181. The van der Waals surface area contributed by atoms with Gasteiger partial charge in [-0.05, 0) is 43.3 Å². The van der Waals surface area contributed by atoms with Gasteiger partial charge in [0.1, 0.15) is 28.8 Å². The molecule has 0 radical (unpaired) electrons. The van der Waals surface area contributed by atoms with Crippen molar-refractivity contribution in [2.24, 2.45) is 0 Å². The summed E-state index contributed by atoms with van der Waals surface area (Å²) in [6.07, 6.45) is -0.779. The highest BCUT2D eigenvalue weighted by Gasteiger charge is 2.31. The molecule has 0 saturated carbocycles. The van der Waals surface area contributed by atoms with E-state index in [1.807, 2.05) is 0 Å². The van der Waals surface area contributed by atoms with Crippen molar-refractivity contribution in [2.45, 2.75) is 13.3 Å². The normalized spacial score (nSPS) is 11.2. The smallest absolute Gasteiger partial charge is 0.493 e. The fourth-order valence-corrected chi connectivity index (χ4v) is 4.12. The zero-order valence-corrected chi connectivity index (χ0v) is 23.3. The third-order valence-electron chi connectivity index (χ3n) is 6.01. The molecule has 3 heterocycles. The van der Waals surface area contributed by atoms with Crippen LogP contribution in [0.4, 0.5) is 23.4 Å². The molecular formula is C29H23F4N5O6. The predicted molar refractivity (Wildman–Crippen MR) is 148 cm³/mol. The summed E-state index contributed by atoms with van der Waals surface area (Å²) >= 11 is 0. The number of nitrogens with zero attached hydrogens (tertiary/aromatic N) is 4. The van der Waals surface area contributed by atoms with Crippen molar-refractivity contribution in [1.82, 2.24) is 19.7 Å². The number of rotatable bonds is 10. The number of amides is 1. The first-order valence-corrected chi connectivity index (χ1v) is 12.8. The van der Waals surface area contributed by atoms with Gasteiger partial charge in [0.05, 0.1) is 38.7 Å². The first-order valence-electron chi connectivity index (χ1n) is 12.8. The van der Waals surface area contributed by atoms with E-state index in [1.165, 1.54) is 32.7 Å². The molecule has 1 amide bonds. The van der Waals surface area contributed by atoms with Crippen molar-refractivity contribution < 1.29 is 46.0 Å². The monoisotopic (exact) mass is 613 g/mol. The number of fused-ring (bicyclic) bond motifs is 1. The van der Waals surface area contributed by atoms with Crippen molar-refractivity contribution in [1.29, 1.82) is 0 Å². The van der Waals surface area contributed by atoms with Crippen LogP contribution in [0, 0.1) is 5.82 Å². The maximum Gasteiger partial charge on any atom is 0.573 e. The topological polar surface area (TPSA) is 119 Å². The first kappa shape index (κ1) is 29.9. The molecule has 5 aromatic rings. The molecule has 0 atom stereocenters. The van der Waals surface area contributed by atoms with Crippen LogP contribution in [0.3, 0.4) is 0 Å². The SMILES string of the molecule is CCOc1cn(-c2ccc(OC(F)(F)F)cc2F)nc1C(=O)Nc1ccc(Oc2ccnc3cc(OC)c(OC)cc23)cn1. The Labute approximate surface area is 246 Å². The lowest BCUT2D eigenvalue weighted by atomic mass is 10.2. The van der Waals surface area contributed by atoms with Gasteiger partial charge in [0.2, 0.25) is 0 Å². The molecule has 0 saturated heterocycles. The number of pyridine rings is 2. The highest BCUT2D eigenvalue weighted by Crippen LogP contribution is 2.37. The summed E-state index contributed by atoms with van der Waals surface area (Å²) in [7, 11) is 3.05. The van der Waals surface area contributed by atoms with Crippen LogP contribution in [0.5, 0.6) is 34.5 Å². The molecule has 0 unspecified atom stereocenters. The maximum atomic E-state index is 14.7. The highest BCUT2D eigenvalue weighted by atomic mass is 19.4. The molecule has 15 heteroatoms. The number of ether oxygens (including phenoxy) is 5. The molecule has 5 rings (SSSR count). The Morgan fingerprint density at radius 3 is 2.34 bits per heavy atom. The lowest BCUT2D eigenvalue weighted by Crippen LogP contribution is -2.17. The zero-order chi connectivity index (χ0) is 31.4. The average Bonchev–Trinajstić information content (AvgIpc) is 3.40. The van der Waals surface area contributed by atoms with Gasteiger partial charge in [-0.2, -0.15) is 5.10 Å². The molecule has 0 bridgehead atoms. The molecule has 228 valence electrons. The summed E-state index contributed by atoms with van der Waals surface area (Å²) in [4.78, 5) is 21.6. The van der Waals surface area contributed by atoms with Crippen LogP contribution >= 0.6 is 0 Å². The van der Waals surface area contributed by atoms with Gasteiger partial charge in [-0.3, -0.25) is 9.78 Å². The molecule has 44 heavy (non-hydrogen) atoms. The fourth-order valence-electron chi connectivity index (χ4n) is 4.12. The highest BCUT2D eigenvalue weighted by molar-refractivity contribution is 6.04. The van der Waals surface area contributed by atoms with Crippen LogP contribution in [0.2, 0.25) is 0 Å². The summed E-state index contributed by atoms with van der Waals surface area (Å²) in [5.41, 5.74) is 0.169. The Morgan fingerprint density at radius 1 is 0.932 bits per heavy atom. The molecule has 0 spiro atoms. The van der Waals surface area contributed by atoms with Gasteiger partial charge in [-0.1, -0.05) is 0 Å². The number of aromatic nitrogens is 4. The Hall–Kier alpha value is -5.60. The van der Waals surface area contributed by atoms with Crippen molar-refractivity contribution in [3.63, 3.8) is 0 Å². The van der Waals surface area contributed by atoms with Crippen molar-refractivity contribution in [2.75, 3.05) is 26.1 Å². The standard InChI is InChI=1S/C29H23F4N5O6/c1-4-42-25-15-38(21-7-5-16(11-19(21)30)44-29(31,32)33)37-27(25)28(39)36-26-8-6-17(14-35-26)43-22-9-10-34-20-13-24(41-3)23(40-2)12-18(20)22/h5-15H,4H2,1-3H3,(H,35,36,39). The number of hydrogen-bond acceptors (Lipinski definition) is 9. The molecule has 0 fully saturated rings. The summed E-state index contributed by atoms with van der Waals surface area (Å²) in [6.45, 7) is 1.82. The van der Waals surface area contributed by atoms with E-state index in [4.69, 9.17) is 18.9 Å². The van der Waals surface area contributed by atoms with Gasteiger partial charge in [0.25, 0.3) is 5.91 Å². The Kier molecular flexibility index (Phi) is 8.37. The lowest BCUT2D eigenvalue weighted by molar-refractivity contribution is -0.274.